The van der Waals surface area contributed by atoms with Gasteiger partial charge in [-0.25, -0.2) is 0 Å². The van der Waals surface area contributed by atoms with Crippen LogP contribution in [0.15, 0.2) is 0 Å². The van der Waals surface area contributed by atoms with Crippen LogP contribution >= 0.6 is 0 Å². The van der Waals surface area contributed by atoms with E-state index in [-0.39, 0.29) is 11.9 Å². The number of carbonyl (C=O) groups is 2. The fraction of sp³-hybridized carbons (Fsp3) is 0.857. The molecule has 0 aliphatic carbocycles. The molecule has 0 bridgehead atoms. The van der Waals surface area contributed by atoms with Crippen molar-refractivity contribution in [2.45, 2.75) is 71.3 Å². The quantitative estimate of drug-likeness (QED) is 0.416. The minimum Gasteiger partial charge on any atom is -0.359 e. The Morgan fingerprint density at radius 2 is 1.56 bits per heavy atom. The molecule has 0 radical (unpaired) electrons. The van der Waals surface area contributed by atoms with Crippen molar-refractivity contribution in [3.05, 3.63) is 0 Å². The first-order chi connectivity index (χ1) is 8.66. The number of unbranched alkanes of at least 4 members (excludes halogenated alkanes) is 6. The fourth-order valence-electron chi connectivity index (χ4n) is 1.85. The van der Waals surface area contributed by atoms with Crippen LogP contribution in [0.2, 0.25) is 0 Å². The predicted octanol–water partition coefficient (Wildman–Crippen LogP) is 2.38. The Kier molecular flexibility index (Phi) is 11.7. The molecule has 0 aliphatic rings. The van der Waals surface area contributed by atoms with E-state index in [0.29, 0.717) is 6.42 Å². The lowest BCUT2D eigenvalue weighted by atomic mass is 10.1. The van der Waals surface area contributed by atoms with Crippen molar-refractivity contribution in [2.24, 2.45) is 0 Å². The molecule has 0 aromatic carbocycles. The maximum absolute atomic E-state index is 11.3. The first-order valence-electron chi connectivity index (χ1n) is 7.13. The van der Waals surface area contributed by atoms with Gasteiger partial charge in [0.2, 0.25) is 12.3 Å². The van der Waals surface area contributed by atoms with Crippen LogP contribution in [-0.4, -0.2) is 24.9 Å². The number of rotatable bonds is 12. The van der Waals surface area contributed by atoms with Crippen molar-refractivity contribution in [3.8, 4) is 0 Å². The Morgan fingerprint density at radius 1 is 1.00 bits per heavy atom. The lowest BCUT2D eigenvalue weighted by molar-refractivity contribution is -0.121. The van der Waals surface area contributed by atoms with Crippen molar-refractivity contribution in [2.75, 3.05) is 6.54 Å². The molecule has 4 heteroatoms. The summed E-state index contributed by atoms with van der Waals surface area (Å²) in [4.78, 5) is 21.3. The van der Waals surface area contributed by atoms with Gasteiger partial charge >= 0.3 is 0 Å². The summed E-state index contributed by atoms with van der Waals surface area (Å²) in [6, 6.07) is 0.248. The van der Waals surface area contributed by atoms with Crippen LogP contribution in [0, 0.1) is 0 Å². The largest absolute Gasteiger partial charge is 0.359 e. The summed E-state index contributed by atoms with van der Waals surface area (Å²) in [5.74, 6) is 0.171. The van der Waals surface area contributed by atoms with Gasteiger partial charge in [0.15, 0.2) is 0 Å². The van der Waals surface area contributed by atoms with Crippen LogP contribution in [-0.2, 0) is 9.59 Å². The van der Waals surface area contributed by atoms with Gasteiger partial charge in [0, 0.05) is 19.0 Å². The van der Waals surface area contributed by atoms with Gasteiger partial charge in [-0.1, -0.05) is 32.1 Å². The summed E-state index contributed by atoms with van der Waals surface area (Å²) < 4.78 is 0. The highest BCUT2D eigenvalue weighted by molar-refractivity contribution is 5.76. The fourth-order valence-corrected chi connectivity index (χ4v) is 1.85. The highest BCUT2D eigenvalue weighted by Gasteiger charge is 2.02. The molecular formula is C14H28N2O2. The highest BCUT2D eigenvalue weighted by Crippen LogP contribution is 2.08. The third kappa shape index (κ3) is 13.0. The molecule has 0 saturated heterocycles. The lowest BCUT2D eigenvalue weighted by Crippen LogP contribution is -2.29. The molecule has 18 heavy (non-hydrogen) atoms. The number of amides is 2. The van der Waals surface area contributed by atoms with Crippen molar-refractivity contribution in [1.29, 1.82) is 0 Å². The molecule has 106 valence electrons. The molecular weight excluding hydrogens is 228 g/mol. The average molecular weight is 256 g/mol. The van der Waals surface area contributed by atoms with Crippen LogP contribution < -0.4 is 10.6 Å². The second-order valence-corrected chi connectivity index (χ2v) is 5.02. The Hall–Kier alpha value is -1.06. The van der Waals surface area contributed by atoms with Gasteiger partial charge in [-0.15, -0.1) is 0 Å². The summed E-state index contributed by atoms with van der Waals surface area (Å²) in [5, 5.41) is 5.56. The second-order valence-electron chi connectivity index (χ2n) is 5.02. The van der Waals surface area contributed by atoms with E-state index in [2.05, 4.69) is 10.6 Å². The molecule has 0 aromatic rings. The van der Waals surface area contributed by atoms with Gasteiger partial charge in [-0.2, -0.15) is 0 Å². The van der Waals surface area contributed by atoms with Crippen LogP contribution in [0.25, 0.3) is 0 Å². The molecule has 0 spiro atoms. The summed E-state index contributed by atoms with van der Waals surface area (Å²) in [7, 11) is 0. The van der Waals surface area contributed by atoms with Crippen LogP contribution in [0.4, 0.5) is 0 Å². The Bertz CT molecular complexity index is 218. The van der Waals surface area contributed by atoms with Crippen LogP contribution in [0.1, 0.15) is 65.2 Å². The lowest BCUT2D eigenvalue weighted by Gasteiger charge is -2.07. The third-order valence-electron chi connectivity index (χ3n) is 2.76. The standard InChI is InChI=1S/C14H28N2O2/c1-13(2)16-14(18)10-8-6-4-3-5-7-9-11-15-12-17/h12-13H,3-11H2,1-2H3,(H,15,17)(H,16,18). The average Bonchev–Trinajstić information content (AvgIpc) is 2.30. The molecule has 0 atom stereocenters. The van der Waals surface area contributed by atoms with Gasteiger partial charge in [-0.3, -0.25) is 9.59 Å². The molecule has 0 saturated carbocycles. The van der Waals surface area contributed by atoms with E-state index in [1.807, 2.05) is 13.8 Å². The Labute approximate surface area is 111 Å². The van der Waals surface area contributed by atoms with Crippen molar-refractivity contribution >= 4 is 12.3 Å². The zero-order chi connectivity index (χ0) is 13.6. The van der Waals surface area contributed by atoms with Crippen molar-refractivity contribution < 1.29 is 9.59 Å². The number of hydrogen-bond acceptors (Lipinski definition) is 2. The van der Waals surface area contributed by atoms with Gasteiger partial charge in [0.25, 0.3) is 0 Å². The topological polar surface area (TPSA) is 58.2 Å². The summed E-state index contributed by atoms with van der Waals surface area (Å²) in [5.41, 5.74) is 0. The molecule has 0 rings (SSSR count). The van der Waals surface area contributed by atoms with E-state index in [9.17, 15) is 9.59 Å². The summed E-state index contributed by atoms with van der Waals surface area (Å²) >= 11 is 0. The first kappa shape index (κ1) is 16.9. The zero-order valence-electron chi connectivity index (χ0n) is 11.8. The van der Waals surface area contributed by atoms with Crippen LogP contribution in [0.3, 0.4) is 0 Å². The zero-order valence-corrected chi connectivity index (χ0v) is 11.8. The molecule has 4 nitrogen and oxygen atoms in total. The summed E-state index contributed by atoms with van der Waals surface area (Å²) in [6.45, 7) is 4.76. The maximum Gasteiger partial charge on any atom is 0.220 e. The van der Waals surface area contributed by atoms with Gasteiger partial charge in [-0.05, 0) is 26.7 Å². The van der Waals surface area contributed by atoms with Crippen LogP contribution in [0.5, 0.6) is 0 Å². The van der Waals surface area contributed by atoms with Crippen molar-refractivity contribution in [1.82, 2.24) is 10.6 Å². The van der Waals surface area contributed by atoms with Gasteiger partial charge in [0.05, 0.1) is 0 Å². The van der Waals surface area contributed by atoms with Gasteiger partial charge < -0.3 is 10.6 Å². The summed E-state index contributed by atoms with van der Waals surface area (Å²) in [6.07, 6.45) is 9.43. The molecule has 0 aliphatic heterocycles. The Balaban J connectivity index is 3.11. The first-order valence-corrected chi connectivity index (χ1v) is 7.13. The minimum atomic E-state index is 0.171. The number of carbonyl (C=O) groups excluding carboxylic acids is 2. The minimum absolute atomic E-state index is 0.171. The van der Waals surface area contributed by atoms with Gasteiger partial charge in [0.1, 0.15) is 0 Å². The second kappa shape index (κ2) is 12.4. The maximum atomic E-state index is 11.3. The van der Waals surface area contributed by atoms with E-state index in [4.69, 9.17) is 0 Å². The molecule has 0 fully saturated rings. The van der Waals surface area contributed by atoms with E-state index >= 15 is 0 Å². The smallest absolute Gasteiger partial charge is 0.220 e. The Morgan fingerprint density at radius 3 is 2.11 bits per heavy atom. The third-order valence-corrected chi connectivity index (χ3v) is 2.76. The monoisotopic (exact) mass is 256 g/mol. The van der Waals surface area contributed by atoms with E-state index in [1.54, 1.807) is 0 Å². The van der Waals surface area contributed by atoms with E-state index < -0.39 is 0 Å². The molecule has 0 heterocycles. The molecule has 0 unspecified atom stereocenters. The van der Waals surface area contributed by atoms with Crippen molar-refractivity contribution in [3.63, 3.8) is 0 Å². The van der Waals surface area contributed by atoms with E-state index in [1.165, 1.54) is 25.7 Å². The molecule has 2 amide bonds. The highest BCUT2D eigenvalue weighted by atomic mass is 16.1. The van der Waals surface area contributed by atoms with E-state index in [0.717, 1.165) is 32.2 Å². The predicted molar refractivity (Wildman–Crippen MR) is 74.3 cm³/mol. The normalized spacial score (nSPS) is 10.4. The number of nitrogens with one attached hydrogen (secondary N) is 2. The molecule has 0 aromatic heterocycles. The number of hydrogen-bond donors (Lipinski definition) is 2. The molecule has 2 N–H and O–H groups in total. The SMILES string of the molecule is CC(C)NC(=O)CCCCCCCCCNC=O.